The number of benzene rings is 1. The van der Waals surface area contributed by atoms with Crippen LogP contribution in [0.3, 0.4) is 0 Å². The van der Waals surface area contributed by atoms with Gasteiger partial charge in [0.1, 0.15) is 0 Å². The van der Waals surface area contributed by atoms with Crippen LogP contribution in [-0.2, 0) is 13.0 Å². The Kier molecular flexibility index (Phi) is 5.17. The van der Waals surface area contributed by atoms with E-state index in [0.29, 0.717) is 6.04 Å². The van der Waals surface area contributed by atoms with Gasteiger partial charge >= 0.3 is 0 Å². The monoisotopic (exact) mass is 273 g/mol. The van der Waals surface area contributed by atoms with Crippen molar-refractivity contribution in [3.63, 3.8) is 0 Å². The van der Waals surface area contributed by atoms with Gasteiger partial charge < -0.3 is 5.32 Å². The number of hydrogen-bond donors (Lipinski definition) is 1. The summed E-state index contributed by atoms with van der Waals surface area (Å²) in [6.07, 6.45) is 2.34. The quantitative estimate of drug-likeness (QED) is 0.818. The van der Waals surface area contributed by atoms with E-state index in [-0.39, 0.29) is 0 Å². The third-order valence-electron chi connectivity index (χ3n) is 3.49. The van der Waals surface area contributed by atoms with E-state index in [4.69, 9.17) is 0 Å². The Hall–Kier alpha value is -1.12. The van der Waals surface area contributed by atoms with E-state index in [0.717, 1.165) is 13.0 Å². The van der Waals surface area contributed by atoms with E-state index in [1.165, 1.54) is 27.3 Å². The van der Waals surface area contributed by atoms with Crippen LogP contribution in [0.4, 0.5) is 0 Å². The van der Waals surface area contributed by atoms with Crippen LogP contribution in [0.25, 0.3) is 0 Å². The van der Waals surface area contributed by atoms with Gasteiger partial charge in [-0.1, -0.05) is 30.3 Å². The normalized spacial score (nSPS) is 12.6. The highest BCUT2D eigenvalue weighted by Crippen LogP contribution is 2.20. The second-order valence-corrected chi connectivity index (χ2v) is 6.71. The molecule has 0 bridgehead atoms. The Morgan fingerprint density at radius 3 is 2.53 bits per heavy atom. The highest BCUT2D eigenvalue weighted by molar-refractivity contribution is 7.12. The zero-order valence-corrected chi connectivity index (χ0v) is 12.9. The molecule has 2 rings (SSSR count). The van der Waals surface area contributed by atoms with E-state index in [9.17, 15) is 0 Å². The van der Waals surface area contributed by atoms with Crippen LogP contribution in [0, 0.1) is 13.8 Å². The summed E-state index contributed by atoms with van der Waals surface area (Å²) in [5, 5.41) is 3.63. The highest BCUT2D eigenvalue weighted by Gasteiger charge is 2.06. The number of rotatable bonds is 6. The summed E-state index contributed by atoms with van der Waals surface area (Å²) >= 11 is 1.89. The minimum atomic E-state index is 0.555. The van der Waals surface area contributed by atoms with Crippen LogP contribution in [0.15, 0.2) is 36.4 Å². The number of aryl methyl sites for hydroxylation is 3. The number of nitrogens with one attached hydrogen (secondary N) is 1. The molecule has 1 aromatic heterocycles. The second kappa shape index (κ2) is 6.88. The van der Waals surface area contributed by atoms with Crippen molar-refractivity contribution in [1.82, 2.24) is 5.32 Å². The lowest BCUT2D eigenvalue weighted by Crippen LogP contribution is -2.26. The standard InChI is InChI=1S/C17H23NS/c1-13(9-10-16-7-5-4-6-8-16)18-12-17-11-14(2)19-15(17)3/h4-8,11,13,18H,9-10,12H2,1-3H3. The fourth-order valence-electron chi connectivity index (χ4n) is 2.27. The number of hydrogen-bond acceptors (Lipinski definition) is 2. The molecule has 1 heterocycles. The highest BCUT2D eigenvalue weighted by atomic mass is 32.1. The first-order valence-corrected chi connectivity index (χ1v) is 7.80. The lowest BCUT2D eigenvalue weighted by atomic mass is 10.1. The first-order valence-electron chi connectivity index (χ1n) is 6.98. The van der Waals surface area contributed by atoms with E-state index in [2.05, 4.69) is 62.5 Å². The Morgan fingerprint density at radius 1 is 1.16 bits per heavy atom. The van der Waals surface area contributed by atoms with Gasteiger partial charge in [0.15, 0.2) is 0 Å². The topological polar surface area (TPSA) is 12.0 Å². The Bertz CT molecular complexity index is 501. The van der Waals surface area contributed by atoms with E-state index >= 15 is 0 Å². The zero-order valence-electron chi connectivity index (χ0n) is 12.1. The van der Waals surface area contributed by atoms with Crippen LogP contribution in [0.5, 0.6) is 0 Å². The first kappa shape index (κ1) is 14.3. The minimum Gasteiger partial charge on any atom is -0.310 e. The SMILES string of the molecule is Cc1cc(CNC(C)CCc2ccccc2)c(C)s1. The summed E-state index contributed by atoms with van der Waals surface area (Å²) in [4.78, 5) is 2.85. The van der Waals surface area contributed by atoms with Crippen molar-refractivity contribution >= 4 is 11.3 Å². The van der Waals surface area contributed by atoms with Gasteiger partial charge in [0, 0.05) is 22.3 Å². The molecule has 2 heteroatoms. The molecule has 0 aliphatic heterocycles. The van der Waals surface area contributed by atoms with Gasteiger partial charge in [-0.25, -0.2) is 0 Å². The summed E-state index contributed by atoms with van der Waals surface area (Å²) < 4.78 is 0. The van der Waals surface area contributed by atoms with Crippen molar-refractivity contribution in [3.8, 4) is 0 Å². The van der Waals surface area contributed by atoms with Crippen molar-refractivity contribution in [2.75, 3.05) is 0 Å². The van der Waals surface area contributed by atoms with Gasteiger partial charge in [-0.2, -0.15) is 0 Å². The predicted molar refractivity (Wildman–Crippen MR) is 84.9 cm³/mol. The van der Waals surface area contributed by atoms with Crippen LogP contribution < -0.4 is 5.32 Å². The molecule has 1 N–H and O–H groups in total. The molecular formula is C17H23NS. The fraction of sp³-hybridized carbons (Fsp3) is 0.412. The molecule has 1 nitrogen and oxygen atoms in total. The van der Waals surface area contributed by atoms with Gasteiger partial charge in [0.05, 0.1) is 0 Å². The maximum atomic E-state index is 3.63. The molecule has 0 saturated carbocycles. The Labute approximate surface area is 120 Å². The van der Waals surface area contributed by atoms with Crippen LogP contribution in [0.1, 0.15) is 34.2 Å². The third kappa shape index (κ3) is 4.48. The lowest BCUT2D eigenvalue weighted by molar-refractivity contribution is 0.514. The van der Waals surface area contributed by atoms with E-state index in [1.807, 2.05) is 11.3 Å². The molecule has 0 spiro atoms. The maximum absolute atomic E-state index is 3.63. The molecule has 0 aliphatic rings. The molecule has 0 aliphatic carbocycles. The summed E-state index contributed by atoms with van der Waals surface area (Å²) in [6.45, 7) is 7.66. The molecule has 1 unspecified atom stereocenters. The first-order chi connectivity index (χ1) is 9.15. The van der Waals surface area contributed by atoms with Gasteiger partial charge in [-0.15, -0.1) is 11.3 Å². The maximum Gasteiger partial charge on any atom is 0.0218 e. The molecule has 2 aromatic rings. The van der Waals surface area contributed by atoms with Gasteiger partial charge in [-0.05, 0) is 50.8 Å². The Morgan fingerprint density at radius 2 is 1.89 bits per heavy atom. The summed E-state index contributed by atoms with van der Waals surface area (Å²) in [5.74, 6) is 0. The molecule has 0 radical (unpaired) electrons. The van der Waals surface area contributed by atoms with Crippen LogP contribution in [0.2, 0.25) is 0 Å². The van der Waals surface area contributed by atoms with Crippen molar-refractivity contribution in [2.45, 2.75) is 46.2 Å². The van der Waals surface area contributed by atoms with Gasteiger partial charge in [-0.3, -0.25) is 0 Å². The third-order valence-corrected chi connectivity index (χ3v) is 4.50. The lowest BCUT2D eigenvalue weighted by Gasteiger charge is -2.13. The fourth-order valence-corrected chi connectivity index (χ4v) is 3.22. The largest absolute Gasteiger partial charge is 0.310 e. The molecule has 102 valence electrons. The van der Waals surface area contributed by atoms with Crippen molar-refractivity contribution < 1.29 is 0 Å². The van der Waals surface area contributed by atoms with Crippen molar-refractivity contribution in [1.29, 1.82) is 0 Å². The predicted octanol–water partition coefficient (Wildman–Crippen LogP) is 4.48. The van der Waals surface area contributed by atoms with E-state index in [1.54, 1.807) is 0 Å². The molecule has 0 amide bonds. The molecule has 1 aromatic carbocycles. The van der Waals surface area contributed by atoms with Crippen LogP contribution >= 0.6 is 11.3 Å². The molecule has 1 atom stereocenters. The minimum absolute atomic E-state index is 0.555. The van der Waals surface area contributed by atoms with E-state index < -0.39 is 0 Å². The summed E-state index contributed by atoms with van der Waals surface area (Å²) in [5.41, 5.74) is 2.88. The molecule has 0 saturated heterocycles. The van der Waals surface area contributed by atoms with Crippen molar-refractivity contribution in [3.05, 3.63) is 57.3 Å². The molecule has 0 fully saturated rings. The average molecular weight is 273 g/mol. The smallest absolute Gasteiger partial charge is 0.0218 e. The molecular weight excluding hydrogens is 250 g/mol. The van der Waals surface area contributed by atoms with Crippen LogP contribution in [-0.4, -0.2) is 6.04 Å². The molecule has 19 heavy (non-hydrogen) atoms. The zero-order chi connectivity index (χ0) is 13.7. The van der Waals surface area contributed by atoms with Crippen molar-refractivity contribution in [2.24, 2.45) is 0 Å². The summed E-state index contributed by atoms with van der Waals surface area (Å²) in [7, 11) is 0. The average Bonchev–Trinajstić information content (AvgIpc) is 2.73. The second-order valence-electron chi connectivity index (χ2n) is 5.24. The summed E-state index contributed by atoms with van der Waals surface area (Å²) in [6, 6.07) is 13.6. The Balaban J connectivity index is 1.76. The number of thiophene rings is 1. The van der Waals surface area contributed by atoms with Gasteiger partial charge in [0.25, 0.3) is 0 Å². The van der Waals surface area contributed by atoms with Gasteiger partial charge in [0.2, 0.25) is 0 Å².